The summed E-state index contributed by atoms with van der Waals surface area (Å²) in [7, 11) is 0. The zero-order valence-corrected chi connectivity index (χ0v) is 17.0. The van der Waals surface area contributed by atoms with Crippen molar-refractivity contribution >= 4 is 5.97 Å². The summed E-state index contributed by atoms with van der Waals surface area (Å²) in [5, 5.41) is 19.7. The first kappa shape index (κ1) is 17.6. The van der Waals surface area contributed by atoms with Crippen molar-refractivity contribution in [3.63, 3.8) is 0 Å². The van der Waals surface area contributed by atoms with E-state index in [1.807, 2.05) is 12.1 Å². The Morgan fingerprint density at radius 3 is 2.00 bits per heavy atom. The van der Waals surface area contributed by atoms with Gasteiger partial charge in [-0.25, -0.2) is 4.79 Å². The Balaban J connectivity index is 0.00000105. The number of hydrogen-bond acceptors (Lipinski definition) is 5. The van der Waals surface area contributed by atoms with Crippen molar-refractivity contribution in [2.45, 2.75) is 5.60 Å². The first-order valence-corrected chi connectivity index (χ1v) is 7.77. The normalized spacial score (nSPS) is 15.2. The molecule has 0 radical (unpaired) electrons. The summed E-state index contributed by atoms with van der Waals surface area (Å²) in [6.07, 6.45) is 0. The van der Waals surface area contributed by atoms with Gasteiger partial charge in [0.2, 0.25) is 0 Å². The monoisotopic (exact) mass is 372 g/mol. The van der Waals surface area contributed by atoms with Gasteiger partial charge in [-0.2, -0.15) is 0 Å². The predicted octanol–water partition coefficient (Wildman–Crippen LogP) is 0.782. The van der Waals surface area contributed by atoms with Gasteiger partial charge in [0.05, 0.1) is 5.56 Å². The molecule has 124 valence electrons. The maximum absolute atomic E-state index is 12.5. The maximum atomic E-state index is 12.5. The number of rotatable bonds is 0. The van der Waals surface area contributed by atoms with Gasteiger partial charge in [0, 0.05) is 28.8 Å². The molecule has 2 heterocycles. The summed E-state index contributed by atoms with van der Waals surface area (Å²) in [6, 6.07) is 16.6. The van der Waals surface area contributed by atoms with Crippen molar-refractivity contribution in [1.29, 1.82) is 0 Å². The van der Waals surface area contributed by atoms with Crippen LogP contribution in [0.25, 0.3) is 0 Å². The fourth-order valence-electron chi connectivity index (χ4n) is 3.65. The van der Waals surface area contributed by atoms with E-state index >= 15 is 0 Å². The third-order valence-electron chi connectivity index (χ3n) is 4.68. The standard InChI is InChI=1S/C20H12O5.K.H/c21-11-5-7-15-17(9-11)24-18-10-12(22)6-8-16(18)20(15)14-4-2-1-3-13(14)19(23)25-20;;/h1-10,21-22H;;/q;+1;-1. The first-order chi connectivity index (χ1) is 12.1. The molecule has 5 nitrogen and oxygen atoms in total. The van der Waals surface area contributed by atoms with E-state index in [0.29, 0.717) is 33.8 Å². The minimum absolute atomic E-state index is 0. The van der Waals surface area contributed by atoms with Gasteiger partial charge in [0.15, 0.2) is 5.60 Å². The summed E-state index contributed by atoms with van der Waals surface area (Å²) in [6.45, 7) is 0. The molecule has 0 bridgehead atoms. The van der Waals surface area contributed by atoms with Crippen molar-refractivity contribution < 1.29 is 77.3 Å². The molecule has 26 heavy (non-hydrogen) atoms. The molecule has 0 unspecified atom stereocenters. The molecule has 5 rings (SSSR count). The second-order valence-electron chi connectivity index (χ2n) is 6.08. The van der Waals surface area contributed by atoms with Gasteiger partial charge in [-0.15, -0.1) is 0 Å². The van der Waals surface area contributed by atoms with Gasteiger partial charge in [-0.3, -0.25) is 0 Å². The maximum Gasteiger partial charge on any atom is 1.00 e. The Labute approximate surface area is 193 Å². The average molecular weight is 372 g/mol. The van der Waals surface area contributed by atoms with Crippen LogP contribution in [0.3, 0.4) is 0 Å². The van der Waals surface area contributed by atoms with E-state index in [0.717, 1.165) is 0 Å². The van der Waals surface area contributed by atoms with Crippen LogP contribution < -0.4 is 56.1 Å². The van der Waals surface area contributed by atoms with Gasteiger partial charge in [0.25, 0.3) is 0 Å². The second-order valence-corrected chi connectivity index (χ2v) is 6.08. The van der Waals surface area contributed by atoms with E-state index in [4.69, 9.17) is 9.47 Å². The molecular formula is C20H13KO5. The number of ether oxygens (including phenoxy) is 2. The molecule has 0 saturated carbocycles. The van der Waals surface area contributed by atoms with Gasteiger partial charge < -0.3 is 21.1 Å². The van der Waals surface area contributed by atoms with Crippen LogP contribution in [0.4, 0.5) is 0 Å². The van der Waals surface area contributed by atoms with Crippen molar-refractivity contribution in [3.05, 3.63) is 82.9 Å². The summed E-state index contributed by atoms with van der Waals surface area (Å²) in [5.41, 5.74) is 1.28. The molecule has 0 amide bonds. The Kier molecular flexibility index (Phi) is 4.13. The Morgan fingerprint density at radius 2 is 1.38 bits per heavy atom. The minimum Gasteiger partial charge on any atom is -1.00 e. The van der Waals surface area contributed by atoms with Crippen LogP contribution in [0.2, 0.25) is 0 Å². The number of phenolic OH excluding ortho intramolecular Hbond substituents is 2. The van der Waals surface area contributed by atoms with Crippen molar-refractivity contribution in [3.8, 4) is 23.0 Å². The largest absolute Gasteiger partial charge is 1.00 e. The van der Waals surface area contributed by atoms with E-state index in [2.05, 4.69) is 0 Å². The molecule has 0 saturated heterocycles. The summed E-state index contributed by atoms with van der Waals surface area (Å²) < 4.78 is 11.8. The first-order valence-electron chi connectivity index (χ1n) is 7.77. The number of fused-ring (bicyclic) bond motifs is 6. The van der Waals surface area contributed by atoms with E-state index in [1.165, 1.54) is 24.3 Å². The second kappa shape index (κ2) is 6.11. The molecule has 3 aromatic rings. The molecule has 2 aliphatic rings. The van der Waals surface area contributed by atoms with Crippen LogP contribution in [0, 0.1) is 0 Å². The van der Waals surface area contributed by atoms with Gasteiger partial charge in [-0.05, 0) is 30.3 Å². The van der Waals surface area contributed by atoms with Crippen LogP contribution in [0.5, 0.6) is 23.0 Å². The van der Waals surface area contributed by atoms with E-state index in [9.17, 15) is 15.0 Å². The molecule has 0 aliphatic carbocycles. The fourth-order valence-corrected chi connectivity index (χ4v) is 3.65. The number of carbonyl (C=O) groups is 1. The van der Waals surface area contributed by atoms with Gasteiger partial charge in [0.1, 0.15) is 23.0 Å². The smallest absolute Gasteiger partial charge is 1.00 e. The van der Waals surface area contributed by atoms with E-state index in [1.54, 1.807) is 24.3 Å². The van der Waals surface area contributed by atoms with Crippen molar-refractivity contribution in [2.75, 3.05) is 0 Å². The third-order valence-corrected chi connectivity index (χ3v) is 4.68. The van der Waals surface area contributed by atoms with E-state index < -0.39 is 11.6 Å². The molecule has 2 aliphatic heterocycles. The summed E-state index contributed by atoms with van der Waals surface area (Å²) in [5.74, 6) is 0.408. The number of phenols is 2. The summed E-state index contributed by atoms with van der Waals surface area (Å²) >= 11 is 0. The topological polar surface area (TPSA) is 76.0 Å². The SMILES string of the molecule is O=C1OC2(c3ccc(O)cc3Oc3cc(O)ccc32)c2ccccc21.[H-].[K+]. The number of hydrogen-bond donors (Lipinski definition) is 2. The molecule has 0 aromatic heterocycles. The predicted molar refractivity (Wildman–Crippen MR) is 89.1 cm³/mol. The third kappa shape index (κ3) is 2.27. The fraction of sp³-hybridized carbons (Fsp3) is 0.0500. The van der Waals surface area contributed by atoms with Crippen LogP contribution in [0.15, 0.2) is 60.7 Å². The Hall–Kier alpha value is -1.83. The minimum atomic E-state index is -1.17. The molecular weight excluding hydrogens is 359 g/mol. The van der Waals surface area contributed by atoms with Crippen molar-refractivity contribution in [1.82, 2.24) is 0 Å². The average Bonchev–Trinajstić information content (AvgIpc) is 2.88. The van der Waals surface area contributed by atoms with Crippen LogP contribution in [-0.2, 0) is 10.3 Å². The van der Waals surface area contributed by atoms with Crippen LogP contribution in [0.1, 0.15) is 28.5 Å². The molecule has 0 fully saturated rings. The number of aromatic hydroxyl groups is 2. The zero-order chi connectivity index (χ0) is 17.2. The summed E-state index contributed by atoms with van der Waals surface area (Å²) in [4.78, 5) is 12.5. The van der Waals surface area contributed by atoms with Crippen LogP contribution in [-0.4, -0.2) is 16.2 Å². The zero-order valence-electron chi connectivity index (χ0n) is 14.9. The number of benzene rings is 3. The van der Waals surface area contributed by atoms with Gasteiger partial charge >= 0.3 is 57.4 Å². The molecule has 6 heteroatoms. The van der Waals surface area contributed by atoms with Crippen molar-refractivity contribution in [2.24, 2.45) is 0 Å². The number of carbonyl (C=O) groups excluding carboxylic acids is 1. The van der Waals surface area contributed by atoms with Crippen LogP contribution >= 0.6 is 0 Å². The van der Waals surface area contributed by atoms with E-state index in [-0.39, 0.29) is 64.3 Å². The Bertz CT molecular complexity index is 1010. The Morgan fingerprint density at radius 1 is 0.808 bits per heavy atom. The molecule has 0 atom stereocenters. The molecule has 1 spiro atoms. The molecule has 3 aromatic carbocycles. The van der Waals surface area contributed by atoms with Gasteiger partial charge in [-0.1, -0.05) is 18.2 Å². The quantitative estimate of drug-likeness (QED) is 0.451. The number of esters is 1. The molecule has 2 N–H and O–H groups in total.